The van der Waals surface area contributed by atoms with Gasteiger partial charge in [0.15, 0.2) is 0 Å². The van der Waals surface area contributed by atoms with Gasteiger partial charge in [0, 0.05) is 25.6 Å². The minimum absolute atomic E-state index is 0.142. The van der Waals surface area contributed by atoms with Crippen LogP contribution < -0.4 is 0 Å². The lowest BCUT2D eigenvalue weighted by Crippen LogP contribution is -2.27. The molecule has 0 unspecified atom stereocenters. The average Bonchev–Trinajstić information content (AvgIpc) is 2.74. The van der Waals surface area contributed by atoms with E-state index in [1.165, 1.54) is 0 Å². The molecule has 1 aromatic rings. The van der Waals surface area contributed by atoms with E-state index in [1.807, 2.05) is 30.3 Å². The lowest BCUT2D eigenvalue weighted by Gasteiger charge is -2.15. The molecule has 98 valence electrons. The lowest BCUT2D eigenvalue weighted by molar-refractivity contribution is -0.144. The number of likely N-dealkylation sites (tertiary alicyclic amines) is 1. The maximum atomic E-state index is 12.8. The molecule has 2 atom stereocenters. The second-order valence-corrected chi connectivity index (χ2v) is 4.62. The van der Waals surface area contributed by atoms with Crippen molar-refractivity contribution in [2.45, 2.75) is 13.0 Å². The Morgan fingerprint density at radius 2 is 2.00 bits per heavy atom. The van der Waals surface area contributed by atoms with E-state index in [2.05, 4.69) is 0 Å². The number of carbonyl (C=O) groups is 1. The molecule has 0 aromatic heterocycles. The van der Waals surface area contributed by atoms with Crippen LogP contribution in [0.4, 0.5) is 8.78 Å². The maximum Gasteiger partial charge on any atom is 0.308 e. The Hall–Kier alpha value is -1.49. The monoisotopic (exact) mass is 255 g/mol. The smallest absolute Gasteiger partial charge is 0.308 e. The summed E-state index contributed by atoms with van der Waals surface area (Å²) in [5, 5.41) is 8.96. The van der Waals surface area contributed by atoms with Gasteiger partial charge < -0.3 is 5.11 Å². The molecule has 0 amide bonds. The quantitative estimate of drug-likeness (QED) is 0.895. The molecule has 1 aromatic carbocycles. The van der Waals surface area contributed by atoms with E-state index in [-0.39, 0.29) is 13.1 Å². The van der Waals surface area contributed by atoms with Crippen LogP contribution in [0.3, 0.4) is 0 Å². The fourth-order valence-corrected chi connectivity index (χ4v) is 2.40. The van der Waals surface area contributed by atoms with Crippen LogP contribution in [0.1, 0.15) is 5.56 Å². The van der Waals surface area contributed by atoms with Crippen molar-refractivity contribution in [3.63, 3.8) is 0 Å². The molecule has 0 saturated carbocycles. The summed E-state index contributed by atoms with van der Waals surface area (Å²) in [4.78, 5) is 12.7. The molecule has 1 N–H and O–H groups in total. The van der Waals surface area contributed by atoms with Crippen molar-refractivity contribution in [2.24, 2.45) is 11.8 Å². The van der Waals surface area contributed by atoms with E-state index < -0.39 is 24.2 Å². The lowest BCUT2D eigenvalue weighted by atomic mass is 9.97. The van der Waals surface area contributed by atoms with Crippen LogP contribution in [0.2, 0.25) is 0 Å². The predicted molar refractivity (Wildman–Crippen MR) is 62.3 cm³/mol. The molecule has 0 bridgehead atoms. The summed E-state index contributed by atoms with van der Waals surface area (Å²) in [5.41, 5.74) is 1.01. The highest BCUT2D eigenvalue weighted by atomic mass is 19.3. The Labute approximate surface area is 104 Å². The largest absolute Gasteiger partial charge is 0.481 e. The molecule has 3 nitrogen and oxygen atoms in total. The summed E-state index contributed by atoms with van der Waals surface area (Å²) in [6.45, 7) is 0.858. The minimum Gasteiger partial charge on any atom is -0.481 e. The first-order valence-corrected chi connectivity index (χ1v) is 5.85. The van der Waals surface area contributed by atoms with Crippen LogP contribution in [0.5, 0.6) is 0 Å². The van der Waals surface area contributed by atoms with Crippen LogP contribution in [0, 0.1) is 11.8 Å². The van der Waals surface area contributed by atoms with Crippen molar-refractivity contribution >= 4 is 5.97 Å². The number of carboxylic acid groups (broad SMARTS) is 1. The van der Waals surface area contributed by atoms with E-state index in [4.69, 9.17) is 5.11 Å². The van der Waals surface area contributed by atoms with Gasteiger partial charge in [0.1, 0.15) is 0 Å². The summed E-state index contributed by atoms with van der Waals surface area (Å²) in [6, 6.07) is 9.46. The third-order valence-electron chi connectivity index (χ3n) is 3.33. The normalized spacial score (nSPS) is 24.6. The second kappa shape index (κ2) is 5.44. The van der Waals surface area contributed by atoms with Gasteiger partial charge in [-0.05, 0) is 5.56 Å². The zero-order valence-electron chi connectivity index (χ0n) is 9.80. The first-order chi connectivity index (χ1) is 8.58. The van der Waals surface area contributed by atoms with Crippen molar-refractivity contribution in [2.75, 3.05) is 13.1 Å². The SMILES string of the molecule is O=C(O)[C@H]1CN(Cc2ccccc2)C[C@@H]1C(F)F. The number of nitrogens with zero attached hydrogens (tertiary/aromatic N) is 1. The van der Waals surface area contributed by atoms with E-state index in [9.17, 15) is 13.6 Å². The first-order valence-electron chi connectivity index (χ1n) is 5.85. The Kier molecular flexibility index (Phi) is 3.91. The van der Waals surface area contributed by atoms with Crippen LogP contribution in [0.15, 0.2) is 30.3 Å². The van der Waals surface area contributed by atoms with Crippen LogP contribution in [-0.2, 0) is 11.3 Å². The van der Waals surface area contributed by atoms with Crippen molar-refractivity contribution in [1.29, 1.82) is 0 Å². The van der Waals surface area contributed by atoms with Gasteiger partial charge in [-0.1, -0.05) is 30.3 Å². The van der Waals surface area contributed by atoms with Gasteiger partial charge in [-0.15, -0.1) is 0 Å². The fourth-order valence-electron chi connectivity index (χ4n) is 2.40. The minimum atomic E-state index is -2.58. The summed E-state index contributed by atoms with van der Waals surface area (Å²) < 4.78 is 25.5. The highest BCUT2D eigenvalue weighted by molar-refractivity contribution is 5.71. The first kappa shape index (κ1) is 13.0. The van der Waals surface area contributed by atoms with Gasteiger partial charge in [0.2, 0.25) is 6.43 Å². The van der Waals surface area contributed by atoms with Gasteiger partial charge >= 0.3 is 5.97 Å². The third kappa shape index (κ3) is 2.85. The molecule has 0 aliphatic carbocycles. The maximum absolute atomic E-state index is 12.8. The molecular weight excluding hydrogens is 240 g/mol. The number of carboxylic acids is 1. The van der Waals surface area contributed by atoms with Crippen molar-refractivity contribution in [3.8, 4) is 0 Å². The van der Waals surface area contributed by atoms with Crippen molar-refractivity contribution in [1.82, 2.24) is 4.90 Å². The van der Waals surface area contributed by atoms with Crippen molar-refractivity contribution in [3.05, 3.63) is 35.9 Å². The van der Waals surface area contributed by atoms with Crippen LogP contribution in [-0.4, -0.2) is 35.5 Å². The van der Waals surface area contributed by atoms with E-state index >= 15 is 0 Å². The fraction of sp³-hybridized carbons (Fsp3) is 0.462. The zero-order chi connectivity index (χ0) is 13.1. The summed E-state index contributed by atoms with van der Waals surface area (Å²) in [5.74, 6) is -3.16. The molecule has 1 aliphatic rings. The Morgan fingerprint density at radius 3 is 2.50 bits per heavy atom. The number of aliphatic carboxylic acids is 1. The highest BCUT2D eigenvalue weighted by Crippen LogP contribution is 2.29. The van der Waals surface area contributed by atoms with Gasteiger partial charge in [-0.2, -0.15) is 0 Å². The number of hydrogen-bond donors (Lipinski definition) is 1. The second-order valence-electron chi connectivity index (χ2n) is 4.62. The predicted octanol–water partition coefficient (Wildman–Crippen LogP) is 2.08. The van der Waals surface area contributed by atoms with Gasteiger partial charge in [-0.3, -0.25) is 9.69 Å². The van der Waals surface area contributed by atoms with E-state index in [0.717, 1.165) is 5.56 Å². The molecule has 0 radical (unpaired) electrons. The number of hydrogen-bond acceptors (Lipinski definition) is 2. The highest BCUT2D eigenvalue weighted by Gasteiger charge is 2.42. The molecule has 0 spiro atoms. The molecule has 18 heavy (non-hydrogen) atoms. The van der Waals surface area contributed by atoms with Crippen molar-refractivity contribution < 1.29 is 18.7 Å². The molecule has 1 aliphatic heterocycles. The summed E-state index contributed by atoms with van der Waals surface area (Å²) >= 11 is 0. The van der Waals surface area contributed by atoms with Gasteiger partial charge in [0.05, 0.1) is 5.92 Å². The topological polar surface area (TPSA) is 40.5 Å². The molecule has 5 heteroatoms. The number of rotatable bonds is 4. The average molecular weight is 255 g/mol. The Balaban J connectivity index is 2.03. The zero-order valence-corrected chi connectivity index (χ0v) is 9.80. The molecule has 2 rings (SSSR count). The Bertz CT molecular complexity index is 411. The molecule has 1 saturated heterocycles. The van der Waals surface area contributed by atoms with Gasteiger partial charge in [-0.25, -0.2) is 8.78 Å². The molecular formula is C13H15F2NO2. The summed E-state index contributed by atoms with van der Waals surface area (Å²) in [7, 11) is 0. The van der Waals surface area contributed by atoms with Crippen LogP contribution >= 0.6 is 0 Å². The number of halogens is 2. The number of benzene rings is 1. The van der Waals surface area contributed by atoms with E-state index in [0.29, 0.717) is 6.54 Å². The summed E-state index contributed by atoms with van der Waals surface area (Å²) in [6.07, 6.45) is -2.58. The number of alkyl halides is 2. The molecule has 1 heterocycles. The standard InChI is InChI=1S/C13H15F2NO2/c14-12(15)10-7-16(8-11(10)13(17)18)6-9-4-2-1-3-5-9/h1-5,10-12H,6-8H2,(H,17,18)/t10-,11-/m0/s1. The van der Waals surface area contributed by atoms with Gasteiger partial charge in [0.25, 0.3) is 0 Å². The van der Waals surface area contributed by atoms with E-state index in [1.54, 1.807) is 4.90 Å². The Morgan fingerprint density at radius 1 is 1.33 bits per heavy atom. The van der Waals surface area contributed by atoms with Crippen LogP contribution in [0.25, 0.3) is 0 Å². The third-order valence-corrected chi connectivity index (χ3v) is 3.33. The molecule has 1 fully saturated rings.